The normalized spacial score (nSPS) is 16.4. The summed E-state index contributed by atoms with van der Waals surface area (Å²) in [4.78, 5) is 21.4. The minimum absolute atomic E-state index is 0.0248. The predicted octanol–water partition coefficient (Wildman–Crippen LogP) is 2.03. The summed E-state index contributed by atoms with van der Waals surface area (Å²) in [6.07, 6.45) is 3.77. The molecule has 0 bridgehead atoms. The third-order valence-corrected chi connectivity index (χ3v) is 4.47. The van der Waals surface area contributed by atoms with Gasteiger partial charge in [0.05, 0.1) is 5.69 Å². The zero-order chi connectivity index (χ0) is 16.2. The molecule has 0 spiro atoms. The largest absolute Gasteiger partial charge is 0.335 e. The number of nitrogens with zero attached hydrogens (tertiary/aromatic N) is 4. The van der Waals surface area contributed by atoms with Gasteiger partial charge < -0.3 is 9.80 Å². The molecule has 2 aromatic rings. The Kier molecular flexibility index (Phi) is 4.71. The van der Waals surface area contributed by atoms with E-state index < -0.39 is 0 Å². The van der Waals surface area contributed by atoms with Crippen LogP contribution in [0.25, 0.3) is 11.4 Å². The van der Waals surface area contributed by atoms with Crippen molar-refractivity contribution in [3.05, 3.63) is 36.2 Å². The van der Waals surface area contributed by atoms with Crippen LogP contribution in [0.2, 0.25) is 0 Å². The van der Waals surface area contributed by atoms with E-state index in [-0.39, 0.29) is 5.91 Å². The number of likely N-dealkylation sites (tertiary alicyclic amines) is 1. The Hall–Kier alpha value is -2.21. The van der Waals surface area contributed by atoms with Gasteiger partial charge in [0.1, 0.15) is 11.4 Å². The first-order chi connectivity index (χ1) is 11.2. The number of amides is 1. The SMILES string of the molecule is CCN(C(=O)c1cc(-c2ccccn2)n[nH]1)C1CCN(C)CC1. The molecule has 2 aromatic heterocycles. The molecule has 6 nitrogen and oxygen atoms in total. The molecule has 1 saturated heterocycles. The molecule has 0 aliphatic carbocycles. The van der Waals surface area contributed by atoms with Crippen LogP contribution in [-0.4, -0.2) is 63.6 Å². The Balaban J connectivity index is 1.75. The van der Waals surface area contributed by atoms with Gasteiger partial charge in [0.2, 0.25) is 0 Å². The van der Waals surface area contributed by atoms with Crippen LogP contribution in [0.3, 0.4) is 0 Å². The van der Waals surface area contributed by atoms with Crippen LogP contribution < -0.4 is 0 Å². The maximum Gasteiger partial charge on any atom is 0.272 e. The Morgan fingerprint density at radius 1 is 1.35 bits per heavy atom. The lowest BCUT2D eigenvalue weighted by molar-refractivity contribution is 0.0600. The van der Waals surface area contributed by atoms with Gasteiger partial charge in [0.25, 0.3) is 5.91 Å². The van der Waals surface area contributed by atoms with Gasteiger partial charge in [-0.2, -0.15) is 5.10 Å². The quantitative estimate of drug-likeness (QED) is 0.938. The van der Waals surface area contributed by atoms with Crippen molar-refractivity contribution >= 4 is 5.91 Å². The van der Waals surface area contributed by atoms with E-state index in [0.29, 0.717) is 24.0 Å². The third-order valence-electron chi connectivity index (χ3n) is 4.47. The number of carbonyl (C=O) groups excluding carboxylic acids is 1. The second kappa shape index (κ2) is 6.91. The van der Waals surface area contributed by atoms with E-state index in [1.54, 1.807) is 12.3 Å². The third kappa shape index (κ3) is 3.42. The zero-order valence-electron chi connectivity index (χ0n) is 13.7. The molecule has 3 heterocycles. The molecular formula is C17H23N5O. The van der Waals surface area contributed by atoms with Crippen molar-refractivity contribution in [2.75, 3.05) is 26.7 Å². The first-order valence-corrected chi connectivity index (χ1v) is 8.15. The van der Waals surface area contributed by atoms with E-state index >= 15 is 0 Å². The molecular weight excluding hydrogens is 290 g/mol. The second-order valence-electron chi connectivity index (χ2n) is 6.01. The van der Waals surface area contributed by atoms with Gasteiger partial charge in [-0.25, -0.2) is 0 Å². The fourth-order valence-corrected chi connectivity index (χ4v) is 3.11. The molecule has 122 valence electrons. The molecule has 0 saturated carbocycles. The number of piperidine rings is 1. The van der Waals surface area contributed by atoms with Crippen LogP contribution in [0.1, 0.15) is 30.3 Å². The lowest BCUT2D eigenvalue weighted by atomic mass is 10.0. The van der Waals surface area contributed by atoms with Crippen LogP contribution >= 0.6 is 0 Å². The highest BCUT2D eigenvalue weighted by molar-refractivity contribution is 5.93. The van der Waals surface area contributed by atoms with Crippen molar-refractivity contribution in [3.8, 4) is 11.4 Å². The number of H-pyrrole nitrogens is 1. The van der Waals surface area contributed by atoms with Crippen molar-refractivity contribution in [2.24, 2.45) is 0 Å². The number of rotatable bonds is 4. The molecule has 0 aromatic carbocycles. The molecule has 0 unspecified atom stereocenters. The molecule has 1 amide bonds. The molecule has 6 heteroatoms. The van der Waals surface area contributed by atoms with Crippen LogP contribution in [0, 0.1) is 0 Å². The van der Waals surface area contributed by atoms with E-state index in [1.165, 1.54) is 0 Å². The summed E-state index contributed by atoms with van der Waals surface area (Å²) in [5, 5.41) is 7.11. The Morgan fingerprint density at radius 3 is 2.78 bits per heavy atom. The van der Waals surface area contributed by atoms with Gasteiger partial charge in [-0.3, -0.25) is 14.9 Å². The summed E-state index contributed by atoms with van der Waals surface area (Å²) < 4.78 is 0. The van der Waals surface area contributed by atoms with Crippen LogP contribution in [-0.2, 0) is 0 Å². The molecule has 1 N–H and O–H groups in total. The average molecular weight is 313 g/mol. The maximum atomic E-state index is 12.8. The average Bonchev–Trinajstić information content (AvgIpc) is 3.08. The van der Waals surface area contributed by atoms with Gasteiger partial charge in [-0.05, 0) is 58.1 Å². The lowest BCUT2D eigenvalue weighted by Crippen LogP contribution is -2.46. The number of hydrogen-bond donors (Lipinski definition) is 1. The number of pyridine rings is 1. The number of aromatic amines is 1. The molecule has 3 rings (SSSR count). The standard InChI is InChI=1S/C17H23N5O/c1-3-22(13-7-10-21(2)11-8-13)17(23)16-12-15(19-20-16)14-6-4-5-9-18-14/h4-6,9,12-13H,3,7-8,10-11H2,1-2H3,(H,19,20). The lowest BCUT2D eigenvalue weighted by Gasteiger charge is -2.36. The highest BCUT2D eigenvalue weighted by Crippen LogP contribution is 2.20. The van der Waals surface area contributed by atoms with Gasteiger partial charge in [0.15, 0.2) is 0 Å². The maximum absolute atomic E-state index is 12.8. The number of carbonyl (C=O) groups is 1. The molecule has 1 aliphatic rings. The highest BCUT2D eigenvalue weighted by Gasteiger charge is 2.27. The van der Waals surface area contributed by atoms with E-state index in [9.17, 15) is 4.79 Å². The Morgan fingerprint density at radius 2 is 2.13 bits per heavy atom. The van der Waals surface area contributed by atoms with Crippen LogP contribution in [0.4, 0.5) is 0 Å². The van der Waals surface area contributed by atoms with E-state index in [0.717, 1.165) is 31.6 Å². The summed E-state index contributed by atoms with van der Waals surface area (Å²) in [7, 11) is 2.13. The first kappa shape index (κ1) is 15.7. The summed E-state index contributed by atoms with van der Waals surface area (Å²) in [5.41, 5.74) is 2.00. The molecule has 1 aliphatic heterocycles. The first-order valence-electron chi connectivity index (χ1n) is 8.15. The highest BCUT2D eigenvalue weighted by atomic mass is 16.2. The molecule has 0 radical (unpaired) electrons. The topological polar surface area (TPSA) is 65.1 Å². The van der Waals surface area contributed by atoms with E-state index in [2.05, 4.69) is 27.1 Å². The number of nitrogens with one attached hydrogen (secondary N) is 1. The van der Waals surface area contributed by atoms with Crippen LogP contribution in [0.5, 0.6) is 0 Å². The second-order valence-corrected chi connectivity index (χ2v) is 6.01. The van der Waals surface area contributed by atoms with Gasteiger partial charge >= 0.3 is 0 Å². The minimum atomic E-state index is 0.0248. The smallest absolute Gasteiger partial charge is 0.272 e. The minimum Gasteiger partial charge on any atom is -0.335 e. The van der Waals surface area contributed by atoms with Crippen molar-refractivity contribution in [1.29, 1.82) is 0 Å². The van der Waals surface area contributed by atoms with Gasteiger partial charge in [-0.15, -0.1) is 0 Å². The fraction of sp³-hybridized carbons (Fsp3) is 0.471. The molecule has 23 heavy (non-hydrogen) atoms. The van der Waals surface area contributed by atoms with Crippen molar-refractivity contribution in [1.82, 2.24) is 25.0 Å². The zero-order valence-corrected chi connectivity index (χ0v) is 13.7. The summed E-state index contributed by atoms with van der Waals surface area (Å²) in [6.45, 7) is 4.82. The summed E-state index contributed by atoms with van der Waals surface area (Å²) in [6, 6.07) is 7.77. The van der Waals surface area contributed by atoms with Gasteiger partial charge in [0, 0.05) is 18.8 Å². The molecule has 0 atom stereocenters. The van der Waals surface area contributed by atoms with E-state index in [1.807, 2.05) is 30.0 Å². The van der Waals surface area contributed by atoms with Crippen molar-refractivity contribution < 1.29 is 4.79 Å². The summed E-state index contributed by atoms with van der Waals surface area (Å²) in [5.74, 6) is 0.0248. The van der Waals surface area contributed by atoms with E-state index in [4.69, 9.17) is 0 Å². The van der Waals surface area contributed by atoms with Crippen LogP contribution in [0.15, 0.2) is 30.5 Å². The Labute approximate surface area is 136 Å². The van der Waals surface area contributed by atoms with Gasteiger partial charge in [-0.1, -0.05) is 6.07 Å². The molecule has 1 fully saturated rings. The predicted molar refractivity (Wildman–Crippen MR) is 89.0 cm³/mol. The van der Waals surface area contributed by atoms with Crippen molar-refractivity contribution in [2.45, 2.75) is 25.8 Å². The Bertz CT molecular complexity index is 646. The fourth-order valence-electron chi connectivity index (χ4n) is 3.11. The number of aromatic nitrogens is 3. The number of hydrogen-bond acceptors (Lipinski definition) is 4. The van der Waals surface area contributed by atoms with Crippen molar-refractivity contribution in [3.63, 3.8) is 0 Å². The monoisotopic (exact) mass is 313 g/mol. The summed E-state index contributed by atoms with van der Waals surface area (Å²) >= 11 is 0.